The molecule has 0 aliphatic heterocycles. The summed E-state index contributed by atoms with van der Waals surface area (Å²) in [5.74, 6) is -2.53. The van der Waals surface area contributed by atoms with Crippen LogP contribution in [0.4, 0.5) is 25.4 Å². The van der Waals surface area contributed by atoms with Crippen LogP contribution in [0.5, 0.6) is 0 Å². The number of nitrogens with zero attached hydrogens (tertiary/aromatic N) is 2. The van der Waals surface area contributed by atoms with Crippen molar-refractivity contribution in [3.8, 4) is 22.8 Å². The maximum absolute atomic E-state index is 15.2. The average Bonchev–Trinajstić information content (AvgIpc) is 3.47. The maximum atomic E-state index is 15.2. The van der Waals surface area contributed by atoms with E-state index in [1.165, 1.54) is 36.4 Å². The summed E-state index contributed by atoms with van der Waals surface area (Å²) >= 11 is 0. The van der Waals surface area contributed by atoms with Gasteiger partial charge >= 0.3 is 18.2 Å². The minimum absolute atomic E-state index is 0.0418. The molecule has 1 atom stereocenters. The summed E-state index contributed by atoms with van der Waals surface area (Å²) in [5, 5.41) is 21.2. The van der Waals surface area contributed by atoms with Crippen LogP contribution < -0.4 is 16.0 Å². The first-order valence-corrected chi connectivity index (χ1v) is 14.8. The van der Waals surface area contributed by atoms with E-state index in [0.29, 0.717) is 16.9 Å². The predicted molar refractivity (Wildman–Crippen MR) is 174 cm³/mol. The first-order valence-electron chi connectivity index (χ1n) is 14.8. The quantitative estimate of drug-likeness (QED) is 0.151. The van der Waals surface area contributed by atoms with Gasteiger partial charge in [-0.2, -0.15) is 4.98 Å². The normalized spacial score (nSPS) is 12.1. The summed E-state index contributed by atoms with van der Waals surface area (Å²) in [4.78, 5) is 53.0. The number of carbonyl (C=O) groups excluding carboxylic acids is 3. The molecule has 0 radical (unpaired) electrons. The Hall–Kier alpha value is -5.79. The van der Waals surface area contributed by atoms with Crippen molar-refractivity contribution in [3.63, 3.8) is 0 Å². The zero-order valence-corrected chi connectivity index (χ0v) is 27.2. The molecule has 3 amide bonds. The van der Waals surface area contributed by atoms with Crippen molar-refractivity contribution in [2.45, 2.75) is 65.2 Å². The minimum atomic E-state index is -1.44. The summed E-state index contributed by atoms with van der Waals surface area (Å²) in [7, 11) is 0. The SMILES string of the molecule is CC(C)(C)OC(=O)Nc1ccc(C(=O)NC(Cc2ccc(-c3noc(-c4ccc(NC(=O)OC(C)(C)C)cc4)n3)cc2F)C(=O)O)cc1. The largest absolute Gasteiger partial charge is 0.480 e. The number of amides is 3. The number of halogens is 1. The van der Waals surface area contributed by atoms with Crippen LogP contribution in [-0.4, -0.2) is 56.6 Å². The number of carboxylic acid groups (broad SMARTS) is 1. The van der Waals surface area contributed by atoms with Gasteiger partial charge in [0.15, 0.2) is 0 Å². The molecular weight excluding hydrogens is 625 g/mol. The van der Waals surface area contributed by atoms with E-state index in [-0.39, 0.29) is 34.8 Å². The standard InChI is InChI=1S/C34H36FN5O8/c1-33(2,3)46-31(44)36-23-13-9-19(10-14-23)28(41)38-26(30(42)43)18-21-7-8-22(17-25(21)35)27-39-29(48-40-27)20-11-15-24(16-12-20)37-32(45)47-34(4,5)6/h7-17,26H,18H2,1-6H3,(H,36,44)(H,37,45)(H,38,41)(H,42,43). The van der Waals surface area contributed by atoms with Crippen LogP contribution in [0, 0.1) is 5.82 Å². The van der Waals surface area contributed by atoms with Gasteiger partial charge in [-0.05, 0) is 102 Å². The van der Waals surface area contributed by atoms with E-state index in [0.717, 1.165) is 6.07 Å². The zero-order chi connectivity index (χ0) is 35.2. The van der Waals surface area contributed by atoms with Crippen LogP contribution in [0.25, 0.3) is 22.8 Å². The first-order chi connectivity index (χ1) is 22.5. The summed E-state index contributed by atoms with van der Waals surface area (Å²) in [6.45, 7) is 10.4. The third-order valence-corrected chi connectivity index (χ3v) is 6.33. The van der Waals surface area contributed by atoms with Gasteiger partial charge in [0.1, 0.15) is 23.1 Å². The molecule has 0 aliphatic rings. The lowest BCUT2D eigenvalue weighted by molar-refractivity contribution is -0.139. The third-order valence-electron chi connectivity index (χ3n) is 6.33. The number of carboxylic acids is 1. The summed E-state index contributed by atoms with van der Waals surface area (Å²) < 4.78 is 30.9. The molecule has 0 fully saturated rings. The van der Waals surface area contributed by atoms with E-state index >= 15 is 4.39 Å². The highest BCUT2D eigenvalue weighted by molar-refractivity contribution is 5.97. The van der Waals surface area contributed by atoms with Crippen molar-refractivity contribution < 1.29 is 42.7 Å². The molecule has 0 bridgehead atoms. The summed E-state index contributed by atoms with van der Waals surface area (Å²) in [6, 6.07) is 14.9. The van der Waals surface area contributed by atoms with Gasteiger partial charge in [0.2, 0.25) is 5.82 Å². The highest BCUT2D eigenvalue weighted by Crippen LogP contribution is 2.26. The van der Waals surface area contributed by atoms with E-state index < -0.39 is 47.1 Å². The first kappa shape index (κ1) is 35.1. The smallest absolute Gasteiger partial charge is 0.412 e. The van der Waals surface area contributed by atoms with Gasteiger partial charge in [0.05, 0.1) is 0 Å². The third kappa shape index (κ3) is 10.1. The molecular formula is C34H36FN5O8. The number of ether oxygens (including phenoxy) is 2. The summed E-state index contributed by atoms with van der Waals surface area (Å²) in [5.41, 5.74) is 0.540. The van der Waals surface area contributed by atoms with Crippen molar-refractivity contribution in [3.05, 3.63) is 83.7 Å². The number of aromatic nitrogens is 2. The van der Waals surface area contributed by atoms with Gasteiger partial charge in [-0.15, -0.1) is 0 Å². The molecule has 4 aromatic rings. The number of anilines is 2. The Kier molecular flexibility index (Phi) is 10.5. The highest BCUT2D eigenvalue weighted by atomic mass is 19.1. The molecule has 4 rings (SSSR count). The van der Waals surface area contributed by atoms with Gasteiger partial charge in [-0.3, -0.25) is 15.4 Å². The van der Waals surface area contributed by atoms with Crippen LogP contribution in [0.2, 0.25) is 0 Å². The number of rotatable bonds is 9. The monoisotopic (exact) mass is 661 g/mol. The summed E-state index contributed by atoms with van der Waals surface area (Å²) in [6.07, 6.45) is -1.61. The van der Waals surface area contributed by atoms with Gasteiger partial charge in [0.25, 0.3) is 11.8 Å². The topological polar surface area (TPSA) is 182 Å². The molecule has 0 saturated heterocycles. The van der Waals surface area contributed by atoms with Crippen LogP contribution >= 0.6 is 0 Å². The Morgan fingerprint density at radius 2 is 1.33 bits per heavy atom. The highest BCUT2D eigenvalue weighted by Gasteiger charge is 2.24. The molecule has 14 heteroatoms. The van der Waals surface area contributed by atoms with Crippen molar-refractivity contribution in [1.29, 1.82) is 0 Å². The van der Waals surface area contributed by atoms with Crippen molar-refractivity contribution >= 4 is 35.4 Å². The van der Waals surface area contributed by atoms with Gasteiger partial charge < -0.3 is 24.4 Å². The fourth-order valence-electron chi connectivity index (χ4n) is 4.22. The molecule has 1 heterocycles. The zero-order valence-electron chi connectivity index (χ0n) is 27.2. The molecule has 252 valence electrons. The van der Waals surface area contributed by atoms with Crippen LogP contribution in [-0.2, 0) is 20.7 Å². The van der Waals surface area contributed by atoms with Crippen LogP contribution in [0.15, 0.2) is 71.3 Å². The van der Waals surface area contributed by atoms with E-state index in [2.05, 4.69) is 26.1 Å². The number of hydrogen-bond acceptors (Lipinski definition) is 9. The second-order valence-corrected chi connectivity index (χ2v) is 12.7. The number of benzene rings is 3. The lowest BCUT2D eigenvalue weighted by atomic mass is 10.0. The Labute approximate surface area is 275 Å². The molecule has 13 nitrogen and oxygen atoms in total. The van der Waals surface area contributed by atoms with E-state index in [1.54, 1.807) is 65.8 Å². The average molecular weight is 662 g/mol. The van der Waals surface area contributed by atoms with Gasteiger partial charge in [0, 0.05) is 34.5 Å². The molecule has 0 spiro atoms. The Balaban J connectivity index is 1.38. The molecule has 1 unspecified atom stereocenters. The van der Waals surface area contributed by atoms with Crippen LogP contribution in [0.1, 0.15) is 57.5 Å². The number of hydrogen-bond donors (Lipinski definition) is 4. The van der Waals surface area contributed by atoms with Crippen molar-refractivity contribution in [2.75, 3.05) is 10.6 Å². The van der Waals surface area contributed by atoms with Crippen LogP contribution in [0.3, 0.4) is 0 Å². The maximum Gasteiger partial charge on any atom is 0.412 e. The Morgan fingerprint density at radius 3 is 1.83 bits per heavy atom. The molecule has 1 aromatic heterocycles. The molecule has 3 aromatic carbocycles. The fraction of sp³-hybridized carbons (Fsp3) is 0.294. The molecule has 48 heavy (non-hydrogen) atoms. The van der Waals surface area contributed by atoms with E-state index in [1.807, 2.05) is 0 Å². The second kappa shape index (κ2) is 14.3. The Bertz CT molecular complexity index is 1790. The van der Waals surface area contributed by atoms with E-state index in [4.69, 9.17) is 14.0 Å². The minimum Gasteiger partial charge on any atom is -0.480 e. The van der Waals surface area contributed by atoms with Crippen molar-refractivity contribution in [2.24, 2.45) is 0 Å². The lowest BCUT2D eigenvalue weighted by Gasteiger charge is -2.19. The second-order valence-electron chi connectivity index (χ2n) is 12.7. The predicted octanol–water partition coefficient (Wildman–Crippen LogP) is 6.66. The Morgan fingerprint density at radius 1 is 0.812 bits per heavy atom. The van der Waals surface area contributed by atoms with E-state index in [9.17, 15) is 24.3 Å². The molecule has 0 aliphatic carbocycles. The lowest BCUT2D eigenvalue weighted by Crippen LogP contribution is -2.42. The number of nitrogens with one attached hydrogen (secondary N) is 3. The van der Waals surface area contributed by atoms with Gasteiger partial charge in [-0.25, -0.2) is 18.8 Å². The van der Waals surface area contributed by atoms with Crippen molar-refractivity contribution in [1.82, 2.24) is 15.5 Å². The number of carbonyl (C=O) groups is 4. The van der Waals surface area contributed by atoms with Gasteiger partial charge in [-0.1, -0.05) is 17.3 Å². The fourth-order valence-corrected chi connectivity index (χ4v) is 4.22. The molecule has 0 saturated carbocycles. The number of aliphatic carboxylic acids is 1. The molecule has 4 N–H and O–H groups in total.